The lowest BCUT2D eigenvalue weighted by Gasteiger charge is -2.22. The van der Waals surface area contributed by atoms with Gasteiger partial charge in [0.15, 0.2) is 0 Å². The maximum absolute atomic E-state index is 12.8. The van der Waals surface area contributed by atoms with Gasteiger partial charge in [0, 0.05) is 19.7 Å². The van der Waals surface area contributed by atoms with Crippen LogP contribution in [0.25, 0.3) is 0 Å². The summed E-state index contributed by atoms with van der Waals surface area (Å²) in [5.74, 6) is 0. The molecule has 0 atom stereocenters. The summed E-state index contributed by atoms with van der Waals surface area (Å²) in [7, 11) is -3.51. The minimum atomic E-state index is -3.51. The number of hydrogen-bond donors (Lipinski definition) is 1. The van der Waals surface area contributed by atoms with Crippen LogP contribution in [0.5, 0.6) is 0 Å². The number of rotatable bonds is 7. The number of hydrogen-bond acceptors (Lipinski definition) is 3. The van der Waals surface area contributed by atoms with Gasteiger partial charge in [0.25, 0.3) is 0 Å². The normalized spacial score (nSPS) is 15.9. The minimum absolute atomic E-state index is 0.00348. The molecule has 0 heterocycles. The third-order valence-corrected chi connectivity index (χ3v) is 6.18. The van der Waals surface area contributed by atoms with Crippen molar-refractivity contribution in [2.24, 2.45) is 0 Å². The van der Waals surface area contributed by atoms with Crippen molar-refractivity contribution in [3.8, 4) is 0 Å². The highest BCUT2D eigenvalue weighted by Gasteiger charge is 2.23. The molecule has 128 valence electrons. The molecule has 0 amide bonds. The van der Waals surface area contributed by atoms with Crippen molar-refractivity contribution in [2.75, 3.05) is 19.7 Å². The molecule has 0 aliphatic heterocycles. The Bertz CT molecular complexity index is 612. The maximum atomic E-state index is 12.8. The van der Waals surface area contributed by atoms with Gasteiger partial charge >= 0.3 is 0 Å². The summed E-state index contributed by atoms with van der Waals surface area (Å²) in [5, 5.41) is 9.07. The molecule has 23 heavy (non-hydrogen) atoms. The smallest absolute Gasteiger partial charge is 0.243 e. The van der Waals surface area contributed by atoms with Crippen molar-refractivity contribution in [3.05, 3.63) is 41.5 Å². The van der Waals surface area contributed by atoms with Crippen molar-refractivity contribution >= 4 is 10.0 Å². The van der Waals surface area contributed by atoms with E-state index in [2.05, 4.69) is 6.08 Å². The first-order valence-electron chi connectivity index (χ1n) is 8.39. The van der Waals surface area contributed by atoms with Crippen LogP contribution in [0.4, 0.5) is 0 Å². The molecule has 1 aromatic rings. The molecule has 0 bridgehead atoms. The van der Waals surface area contributed by atoms with E-state index >= 15 is 0 Å². The average molecular weight is 337 g/mol. The van der Waals surface area contributed by atoms with E-state index in [1.54, 1.807) is 12.1 Å². The lowest BCUT2D eigenvalue weighted by atomic mass is 9.95. The second-order valence-electron chi connectivity index (χ2n) is 6.18. The van der Waals surface area contributed by atoms with Crippen LogP contribution in [-0.4, -0.2) is 37.5 Å². The highest BCUT2D eigenvalue weighted by molar-refractivity contribution is 7.89. The Kier molecular flexibility index (Phi) is 6.81. The number of benzene rings is 1. The quantitative estimate of drug-likeness (QED) is 0.777. The third-order valence-electron chi connectivity index (χ3n) is 4.30. The van der Waals surface area contributed by atoms with Gasteiger partial charge in [-0.2, -0.15) is 4.31 Å². The van der Waals surface area contributed by atoms with E-state index in [1.807, 2.05) is 19.1 Å². The van der Waals surface area contributed by atoms with Crippen molar-refractivity contribution in [3.63, 3.8) is 0 Å². The fourth-order valence-corrected chi connectivity index (χ4v) is 4.28. The Morgan fingerprint density at radius 2 is 1.78 bits per heavy atom. The summed E-state index contributed by atoms with van der Waals surface area (Å²) in [6, 6.07) is 6.95. The number of allylic oxidation sites excluding steroid dienone is 1. The van der Waals surface area contributed by atoms with Crippen LogP contribution in [0, 0.1) is 6.92 Å². The van der Waals surface area contributed by atoms with Crippen LogP contribution in [0.3, 0.4) is 0 Å². The van der Waals surface area contributed by atoms with Crippen molar-refractivity contribution in [2.45, 2.75) is 50.3 Å². The van der Waals surface area contributed by atoms with Gasteiger partial charge in [-0.25, -0.2) is 8.42 Å². The molecule has 0 saturated heterocycles. The first kappa shape index (κ1) is 18.2. The molecule has 1 fully saturated rings. The molecule has 1 aliphatic rings. The lowest BCUT2D eigenvalue weighted by Crippen LogP contribution is -2.33. The number of aliphatic hydroxyl groups excluding tert-OH is 1. The summed E-state index contributed by atoms with van der Waals surface area (Å²) in [4.78, 5) is 0.322. The van der Waals surface area contributed by atoms with Crippen LogP contribution < -0.4 is 0 Å². The molecule has 0 unspecified atom stereocenters. The molecule has 0 aromatic heterocycles. The largest absolute Gasteiger partial charge is 0.396 e. The van der Waals surface area contributed by atoms with E-state index in [1.165, 1.54) is 29.1 Å². The zero-order valence-corrected chi connectivity index (χ0v) is 14.7. The first-order valence-corrected chi connectivity index (χ1v) is 9.83. The molecule has 2 rings (SSSR count). The standard InChI is InChI=1S/C18H27NO3S/c1-16-8-10-18(11-9-16)23(21,22)19(13-5-15-20)14-12-17-6-3-2-4-7-17/h8-12,20H,2-7,13-15H2,1H3. The highest BCUT2D eigenvalue weighted by atomic mass is 32.2. The van der Waals surface area contributed by atoms with Crippen LogP contribution in [0.15, 0.2) is 40.8 Å². The van der Waals surface area contributed by atoms with Crippen molar-refractivity contribution in [1.29, 1.82) is 0 Å². The van der Waals surface area contributed by atoms with Gasteiger partial charge in [-0.1, -0.05) is 35.8 Å². The topological polar surface area (TPSA) is 57.6 Å². The predicted octanol–water partition coefficient (Wildman–Crippen LogP) is 3.26. The lowest BCUT2D eigenvalue weighted by molar-refractivity contribution is 0.272. The molecule has 1 aliphatic carbocycles. The number of aliphatic hydroxyl groups is 1. The molecule has 1 saturated carbocycles. The highest BCUT2D eigenvalue weighted by Crippen LogP contribution is 2.23. The van der Waals surface area contributed by atoms with Crippen LogP contribution in [0.1, 0.15) is 44.1 Å². The molecule has 1 N–H and O–H groups in total. The predicted molar refractivity (Wildman–Crippen MR) is 92.8 cm³/mol. The van der Waals surface area contributed by atoms with Crippen LogP contribution in [0.2, 0.25) is 0 Å². The molecule has 1 aromatic carbocycles. The molecule has 0 radical (unpaired) electrons. The van der Waals surface area contributed by atoms with E-state index in [-0.39, 0.29) is 6.61 Å². The van der Waals surface area contributed by atoms with Gasteiger partial charge in [-0.15, -0.1) is 0 Å². The van der Waals surface area contributed by atoms with E-state index in [9.17, 15) is 8.42 Å². The van der Waals surface area contributed by atoms with Gasteiger partial charge in [0.1, 0.15) is 0 Å². The minimum Gasteiger partial charge on any atom is -0.396 e. The molecular formula is C18H27NO3S. The average Bonchev–Trinajstić information content (AvgIpc) is 2.56. The Morgan fingerprint density at radius 3 is 2.39 bits per heavy atom. The Labute approximate surface area is 139 Å². The van der Waals surface area contributed by atoms with E-state index < -0.39 is 10.0 Å². The summed E-state index contributed by atoms with van der Waals surface area (Å²) in [6.45, 7) is 2.67. The number of sulfonamides is 1. The van der Waals surface area contributed by atoms with Crippen LogP contribution >= 0.6 is 0 Å². The van der Waals surface area contributed by atoms with Gasteiger partial charge in [-0.3, -0.25) is 0 Å². The summed E-state index contributed by atoms with van der Waals surface area (Å²) in [6.07, 6.45) is 8.36. The Morgan fingerprint density at radius 1 is 1.13 bits per heavy atom. The third kappa shape index (κ3) is 5.16. The monoisotopic (exact) mass is 337 g/mol. The van der Waals surface area contributed by atoms with E-state index in [0.717, 1.165) is 18.4 Å². The summed E-state index contributed by atoms with van der Waals surface area (Å²) in [5.41, 5.74) is 2.40. The zero-order valence-electron chi connectivity index (χ0n) is 13.9. The second-order valence-corrected chi connectivity index (χ2v) is 8.11. The van der Waals surface area contributed by atoms with Gasteiger partial charge in [-0.05, 0) is 51.2 Å². The molecule has 0 spiro atoms. The fourth-order valence-electron chi connectivity index (χ4n) is 2.86. The van der Waals surface area contributed by atoms with E-state index in [4.69, 9.17) is 5.11 Å². The van der Waals surface area contributed by atoms with Gasteiger partial charge in [0.2, 0.25) is 10.0 Å². The zero-order chi connectivity index (χ0) is 16.7. The van der Waals surface area contributed by atoms with E-state index in [0.29, 0.717) is 24.4 Å². The van der Waals surface area contributed by atoms with Gasteiger partial charge < -0.3 is 5.11 Å². The molecule has 4 nitrogen and oxygen atoms in total. The number of aryl methyl sites for hydroxylation is 1. The van der Waals surface area contributed by atoms with Crippen LogP contribution in [-0.2, 0) is 10.0 Å². The Balaban J connectivity index is 2.16. The van der Waals surface area contributed by atoms with Crippen molar-refractivity contribution < 1.29 is 13.5 Å². The van der Waals surface area contributed by atoms with Gasteiger partial charge in [0.05, 0.1) is 4.90 Å². The molecular weight excluding hydrogens is 310 g/mol. The fraction of sp³-hybridized carbons (Fsp3) is 0.556. The maximum Gasteiger partial charge on any atom is 0.243 e. The first-order chi connectivity index (χ1) is 11.0. The molecule has 5 heteroatoms. The van der Waals surface area contributed by atoms with Crippen molar-refractivity contribution in [1.82, 2.24) is 4.31 Å². The summed E-state index contributed by atoms with van der Waals surface area (Å²) >= 11 is 0. The second kappa shape index (κ2) is 8.62. The SMILES string of the molecule is Cc1ccc(S(=O)(=O)N(CC=C2CCCCC2)CCCO)cc1. The summed E-state index contributed by atoms with van der Waals surface area (Å²) < 4.78 is 27.2. The number of nitrogens with zero attached hydrogens (tertiary/aromatic N) is 1. The Hall–Kier alpha value is -1.17.